The summed E-state index contributed by atoms with van der Waals surface area (Å²) >= 11 is 0. The molecule has 0 radical (unpaired) electrons. The van der Waals surface area contributed by atoms with Crippen molar-refractivity contribution in [2.75, 3.05) is 13.1 Å². The quantitative estimate of drug-likeness (QED) is 0.914. The molecule has 2 amide bonds. The highest BCUT2D eigenvalue weighted by Gasteiger charge is 2.33. The van der Waals surface area contributed by atoms with Gasteiger partial charge in [-0.1, -0.05) is 43.7 Å². The van der Waals surface area contributed by atoms with Crippen molar-refractivity contribution in [1.82, 2.24) is 10.2 Å². The fraction of sp³-hybridized carbons (Fsp3) is 0.467. The topological polar surface area (TPSA) is 58.6 Å². The number of amides is 2. The number of nitrogens with zero attached hydrogens (tertiary/aromatic N) is 1. The van der Waals surface area contributed by atoms with Gasteiger partial charge in [-0.2, -0.15) is 0 Å². The Labute approximate surface area is 118 Å². The number of piperazine rings is 1. The van der Waals surface area contributed by atoms with Gasteiger partial charge in [-0.25, -0.2) is 4.79 Å². The monoisotopic (exact) mass is 276 g/mol. The maximum Gasteiger partial charge on any atom is 0.410 e. The number of nitrogens with one attached hydrogen (secondary N) is 1. The minimum atomic E-state index is -0.415. The van der Waals surface area contributed by atoms with Gasteiger partial charge in [-0.05, 0) is 12.0 Å². The van der Waals surface area contributed by atoms with Crippen molar-refractivity contribution in [3.05, 3.63) is 35.9 Å². The SMILES string of the molecule is CCCC1C(=O)NCCN1C(=O)OCc1ccccc1. The average Bonchev–Trinajstić information content (AvgIpc) is 2.48. The average molecular weight is 276 g/mol. The minimum absolute atomic E-state index is 0.0882. The maximum atomic E-state index is 12.1. The zero-order valence-corrected chi connectivity index (χ0v) is 11.7. The normalized spacial score (nSPS) is 18.6. The summed E-state index contributed by atoms with van der Waals surface area (Å²) in [7, 11) is 0. The number of hydrogen-bond donors (Lipinski definition) is 1. The molecular formula is C15H20N2O3. The Morgan fingerprint density at radius 3 is 2.85 bits per heavy atom. The molecule has 2 rings (SSSR count). The van der Waals surface area contributed by atoms with E-state index in [1.54, 1.807) is 0 Å². The Hall–Kier alpha value is -2.04. The number of hydrogen-bond acceptors (Lipinski definition) is 3. The number of rotatable bonds is 4. The Balaban J connectivity index is 1.94. The van der Waals surface area contributed by atoms with E-state index in [2.05, 4.69) is 5.32 Å². The second-order valence-corrected chi connectivity index (χ2v) is 4.83. The maximum absolute atomic E-state index is 12.1. The second-order valence-electron chi connectivity index (χ2n) is 4.83. The van der Waals surface area contributed by atoms with E-state index in [0.29, 0.717) is 19.5 Å². The van der Waals surface area contributed by atoms with Crippen molar-refractivity contribution in [3.63, 3.8) is 0 Å². The summed E-state index contributed by atoms with van der Waals surface area (Å²) in [5.41, 5.74) is 0.939. The molecule has 1 unspecified atom stereocenters. The lowest BCUT2D eigenvalue weighted by atomic mass is 10.1. The standard InChI is InChI=1S/C15H20N2O3/c1-2-6-13-14(18)16-9-10-17(13)15(19)20-11-12-7-4-3-5-8-12/h3-5,7-8,13H,2,6,9-11H2,1H3,(H,16,18). The lowest BCUT2D eigenvalue weighted by Gasteiger charge is -2.34. The Kier molecular flexibility index (Phi) is 4.98. The molecule has 1 atom stereocenters. The van der Waals surface area contributed by atoms with Crippen molar-refractivity contribution in [2.24, 2.45) is 0 Å². The number of carbonyl (C=O) groups excluding carboxylic acids is 2. The zero-order valence-electron chi connectivity index (χ0n) is 11.7. The first kappa shape index (κ1) is 14.4. The van der Waals surface area contributed by atoms with E-state index < -0.39 is 12.1 Å². The first-order valence-corrected chi connectivity index (χ1v) is 6.97. The molecule has 5 nitrogen and oxygen atoms in total. The van der Waals surface area contributed by atoms with Gasteiger partial charge in [0.05, 0.1) is 0 Å². The Morgan fingerprint density at radius 2 is 2.15 bits per heavy atom. The van der Waals surface area contributed by atoms with Crippen LogP contribution in [0.1, 0.15) is 25.3 Å². The van der Waals surface area contributed by atoms with E-state index in [1.165, 1.54) is 4.90 Å². The summed E-state index contributed by atoms with van der Waals surface area (Å²) in [5.74, 6) is -0.0882. The van der Waals surface area contributed by atoms with Crippen LogP contribution in [0.15, 0.2) is 30.3 Å². The highest BCUT2D eigenvalue weighted by Crippen LogP contribution is 2.13. The summed E-state index contributed by atoms with van der Waals surface area (Å²) in [4.78, 5) is 25.5. The summed E-state index contributed by atoms with van der Waals surface area (Å²) in [5, 5.41) is 2.79. The smallest absolute Gasteiger partial charge is 0.410 e. The van der Waals surface area contributed by atoms with E-state index in [9.17, 15) is 9.59 Å². The molecule has 1 aliphatic heterocycles. The third kappa shape index (κ3) is 3.50. The van der Waals surface area contributed by atoms with E-state index >= 15 is 0 Å². The molecule has 1 saturated heterocycles. The molecule has 20 heavy (non-hydrogen) atoms. The van der Waals surface area contributed by atoms with Crippen LogP contribution in [0.3, 0.4) is 0 Å². The molecule has 1 aromatic rings. The lowest BCUT2D eigenvalue weighted by molar-refractivity contribution is -0.128. The van der Waals surface area contributed by atoms with E-state index in [0.717, 1.165) is 12.0 Å². The van der Waals surface area contributed by atoms with Crippen LogP contribution in [-0.2, 0) is 16.1 Å². The molecule has 0 aromatic heterocycles. The van der Waals surface area contributed by atoms with Gasteiger partial charge in [0.2, 0.25) is 5.91 Å². The fourth-order valence-corrected chi connectivity index (χ4v) is 2.30. The molecule has 1 fully saturated rings. The molecule has 1 aromatic carbocycles. The summed E-state index contributed by atoms with van der Waals surface area (Å²) < 4.78 is 5.30. The molecule has 1 aliphatic rings. The van der Waals surface area contributed by atoms with Gasteiger partial charge >= 0.3 is 6.09 Å². The zero-order chi connectivity index (χ0) is 14.4. The van der Waals surface area contributed by atoms with E-state index in [1.807, 2.05) is 37.3 Å². The molecule has 1 heterocycles. The van der Waals surface area contributed by atoms with Gasteiger partial charge in [0.15, 0.2) is 0 Å². The molecule has 1 N–H and O–H groups in total. The van der Waals surface area contributed by atoms with Crippen LogP contribution < -0.4 is 5.32 Å². The van der Waals surface area contributed by atoms with Gasteiger partial charge in [-0.15, -0.1) is 0 Å². The minimum Gasteiger partial charge on any atom is -0.445 e. The van der Waals surface area contributed by atoms with Gasteiger partial charge in [0.25, 0.3) is 0 Å². The first-order chi connectivity index (χ1) is 9.72. The highest BCUT2D eigenvalue weighted by molar-refractivity contribution is 5.86. The van der Waals surface area contributed by atoms with Crippen LogP contribution >= 0.6 is 0 Å². The largest absolute Gasteiger partial charge is 0.445 e. The van der Waals surface area contributed by atoms with Crippen molar-refractivity contribution in [3.8, 4) is 0 Å². The lowest BCUT2D eigenvalue weighted by Crippen LogP contribution is -2.57. The van der Waals surface area contributed by atoms with Crippen molar-refractivity contribution in [1.29, 1.82) is 0 Å². The van der Waals surface area contributed by atoms with Crippen molar-refractivity contribution in [2.45, 2.75) is 32.4 Å². The number of carbonyl (C=O) groups is 2. The number of ether oxygens (including phenoxy) is 1. The first-order valence-electron chi connectivity index (χ1n) is 6.97. The van der Waals surface area contributed by atoms with Crippen LogP contribution in [0.2, 0.25) is 0 Å². The summed E-state index contributed by atoms with van der Waals surface area (Å²) in [6, 6.07) is 9.11. The highest BCUT2D eigenvalue weighted by atomic mass is 16.6. The fourth-order valence-electron chi connectivity index (χ4n) is 2.30. The van der Waals surface area contributed by atoms with Crippen LogP contribution in [0.4, 0.5) is 4.79 Å². The van der Waals surface area contributed by atoms with E-state index in [4.69, 9.17) is 4.74 Å². The molecule has 0 bridgehead atoms. The second kappa shape index (κ2) is 6.93. The third-order valence-corrected chi connectivity index (χ3v) is 3.33. The molecule has 0 saturated carbocycles. The molecular weight excluding hydrogens is 256 g/mol. The molecule has 0 aliphatic carbocycles. The van der Waals surface area contributed by atoms with Crippen LogP contribution in [0, 0.1) is 0 Å². The summed E-state index contributed by atoms with van der Waals surface area (Å²) in [6.07, 6.45) is 1.09. The van der Waals surface area contributed by atoms with Gasteiger partial charge < -0.3 is 10.1 Å². The van der Waals surface area contributed by atoms with Crippen molar-refractivity contribution < 1.29 is 14.3 Å². The van der Waals surface area contributed by atoms with Gasteiger partial charge in [0.1, 0.15) is 12.6 Å². The third-order valence-electron chi connectivity index (χ3n) is 3.33. The van der Waals surface area contributed by atoms with Gasteiger partial charge in [-0.3, -0.25) is 9.69 Å². The van der Waals surface area contributed by atoms with Gasteiger partial charge in [0, 0.05) is 13.1 Å². The molecule has 0 spiro atoms. The van der Waals surface area contributed by atoms with E-state index in [-0.39, 0.29) is 12.5 Å². The predicted octanol–water partition coefficient (Wildman–Crippen LogP) is 1.92. The van der Waals surface area contributed by atoms with Crippen LogP contribution in [0.5, 0.6) is 0 Å². The van der Waals surface area contributed by atoms with Crippen LogP contribution in [-0.4, -0.2) is 36.0 Å². The molecule has 108 valence electrons. The summed E-state index contributed by atoms with van der Waals surface area (Å²) in [6.45, 7) is 3.22. The molecule has 5 heteroatoms. The Bertz CT molecular complexity index is 461. The van der Waals surface area contributed by atoms with Crippen molar-refractivity contribution >= 4 is 12.0 Å². The predicted molar refractivity (Wildman–Crippen MR) is 75.0 cm³/mol. The van der Waals surface area contributed by atoms with Crippen LogP contribution in [0.25, 0.3) is 0 Å². The Morgan fingerprint density at radius 1 is 1.40 bits per heavy atom. The number of benzene rings is 1.